The second-order valence-electron chi connectivity index (χ2n) is 5.85. The summed E-state index contributed by atoms with van der Waals surface area (Å²) in [6.07, 6.45) is 1.60. The second-order valence-corrected chi connectivity index (χ2v) is 6.83. The molecule has 0 aliphatic carbocycles. The van der Waals surface area contributed by atoms with Gasteiger partial charge >= 0.3 is 12.0 Å². The SMILES string of the molecule is C=C1NC(=O)N[C@@H](c2cccs2)[C@H]1C(=O)OCCCc1ccccc1. The number of carbonyl (C=O) groups is 2. The van der Waals surface area contributed by atoms with Crippen molar-refractivity contribution in [3.63, 3.8) is 0 Å². The Hall–Kier alpha value is -2.60. The molecule has 1 fully saturated rings. The van der Waals surface area contributed by atoms with Gasteiger partial charge in [0.15, 0.2) is 0 Å². The minimum atomic E-state index is -0.631. The number of hydrogen-bond acceptors (Lipinski definition) is 4. The number of ether oxygens (including phenoxy) is 1. The number of urea groups is 1. The maximum atomic E-state index is 12.6. The number of thiophene rings is 1. The predicted molar refractivity (Wildman–Crippen MR) is 97.1 cm³/mol. The van der Waals surface area contributed by atoms with E-state index in [1.807, 2.05) is 35.7 Å². The molecular formula is C19H20N2O3S. The van der Waals surface area contributed by atoms with Crippen molar-refractivity contribution in [2.45, 2.75) is 18.9 Å². The van der Waals surface area contributed by atoms with Crippen LogP contribution in [0.1, 0.15) is 22.9 Å². The Morgan fingerprint density at radius 2 is 2.00 bits per heavy atom. The summed E-state index contributed by atoms with van der Waals surface area (Å²) in [5, 5.41) is 7.28. The van der Waals surface area contributed by atoms with E-state index in [9.17, 15) is 9.59 Å². The van der Waals surface area contributed by atoms with Crippen molar-refractivity contribution in [3.05, 3.63) is 70.6 Å². The van der Waals surface area contributed by atoms with Gasteiger partial charge in [-0.25, -0.2) is 4.79 Å². The summed E-state index contributed by atoms with van der Waals surface area (Å²) in [4.78, 5) is 25.2. The molecule has 25 heavy (non-hydrogen) atoms. The normalized spacial score (nSPS) is 19.8. The average Bonchev–Trinajstić information content (AvgIpc) is 3.13. The molecule has 0 radical (unpaired) electrons. The zero-order valence-corrected chi connectivity index (χ0v) is 14.6. The van der Waals surface area contributed by atoms with Gasteiger partial charge in [0.2, 0.25) is 0 Å². The standard InChI is InChI=1S/C19H20N2O3S/c1-13-16(17(21-19(23)20-13)15-10-6-12-25-15)18(22)24-11-5-9-14-7-3-2-4-8-14/h2-4,6-8,10,12,16-17H,1,5,9,11H2,(H2,20,21,23)/t16-,17-/m0/s1. The molecule has 130 valence electrons. The molecule has 0 spiro atoms. The van der Waals surface area contributed by atoms with Crippen LogP contribution in [0.25, 0.3) is 0 Å². The lowest BCUT2D eigenvalue weighted by atomic mass is 9.93. The van der Waals surface area contributed by atoms with Crippen molar-refractivity contribution in [2.24, 2.45) is 5.92 Å². The van der Waals surface area contributed by atoms with Crippen LogP contribution in [-0.4, -0.2) is 18.6 Å². The van der Waals surface area contributed by atoms with Gasteiger partial charge in [-0.05, 0) is 29.9 Å². The topological polar surface area (TPSA) is 67.4 Å². The van der Waals surface area contributed by atoms with Crippen LogP contribution in [0.4, 0.5) is 4.79 Å². The first-order valence-electron chi connectivity index (χ1n) is 8.15. The highest BCUT2D eigenvalue weighted by Crippen LogP contribution is 2.32. The number of benzene rings is 1. The summed E-state index contributed by atoms with van der Waals surface area (Å²) in [5.41, 5.74) is 1.58. The Morgan fingerprint density at radius 3 is 2.72 bits per heavy atom. The van der Waals surface area contributed by atoms with E-state index in [4.69, 9.17) is 4.74 Å². The van der Waals surface area contributed by atoms with Crippen LogP contribution in [-0.2, 0) is 16.0 Å². The largest absolute Gasteiger partial charge is 0.465 e. The van der Waals surface area contributed by atoms with E-state index in [1.54, 1.807) is 0 Å². The first-order valence-corrected chi connectivity index (χ1v) is 9.03. The minimum absolute atomic E-state index is 0.336. The Morgan fingerprint density at radius 1 is 1.20 bits per heavy atom. The second kappa shape index (κ2) is 7.98. The monoisotopic (exact) mass is 356 g/mol. The number of carbonyl (C=O) groups excluding carboxylic acids is 2. The van der Waals surface area contributed by atoms with Crippen LogP contribution < -0.4 is 10.6 Å². The van der Waals surface area contributed by atoms with E-state index in [-0.39, 0.29) is 12.0 Å². The first-order chi connectivity index (χ1) is 12.1. The number of nitrogens with one attached hydrogen (secondary N) is 2. The maximum absolute atomic E-state index is 12.6. The van der Waals surface area contributed by atoms with Gasteiger partial charge < -0.3 is 15.4 Å². The predicted octanol–water partition coefficient (Wildman–Crippen LogP) is 3.41. The van der Waals surface area contributed by atoms with Crippen molar-refractivity contribution in [1.82, 2.24) is 10.6 Å². The molecule has 3 rings (SSSR count). The van der Waals surface area contributed by atoms with E-state index in [1.165, 1.54) is 16.9 Å². The van der Waals surface area contributed by atoms with Gasteiger partial charge in [-0.3, -0.25) is 4.79 Å². The average molecular weight is 356 g/mol. The van der Waals surface area contributed by atoms with E-state index in [2.05, 4.69) is 29.3 Å². The quantitative estimate of drug-likeness (QED) is 0.616. The molecule has 2 heterocycles. The molecule has 0 saturated carbocycles. The van der Waals surface area contributed by atoms with Gasteiger partial charge in [-0.15, -0.1) is 11.3 Å². The Kier molecular flexibility index (Phi) is 5.50. The summed E-state index contributed by atoms with van der Waals surface area (Å²) < 4.78 is 5.45. The number of amides is 2. The summed E-state index contributed by atoms with van der Waals surface area (Å²) in [7, 11) is 0. The molecule has 1 aliphatic heterocycles. The maximum Gasteiger partial charge on any atom is 0.319 e. The lowest BCUT2D eigenvalue weighted by molar-refractivity contribution is -0.148. The highest BCUT2D eigenvalue weighted by Gasteiger charge is 2.39. The smallest absolute Gasteiger partial charge is 0.319 e. The molecule has 6 heteroatoms. The van der Waals surface area contributed by atoms with E-state index in [0.29, 0.717) is 12.3 Å². The third kappa shape index (κ3) is 4.28. The first kappa shape index (κ1) is 17.2. The van der Waals surface area contributed by atoms with E-state index < -0.39 is 12.0 Å². The summed E-state index contributed by atoms with van der Waals surface area (Å²) in [6, 6.07) is 13.1. The van der Waals surface area contributed by atoms with Crippen molar-refractivity contribution in [2.75, 3.05) is 6.61 Å². The molecule has 1 aromatic carbocycles. The molecule has 2 atom stereocenters. The van der Waals surface area contributed by atoms with Crippen LogP contribution in [0.15, 0.2) is 60.1 Å². The minimum Gasteiger partial charge on any atom is -0.465 e. The lowest BCUT2D eigenvalue weighted by Gasteiger charge is -2.32. The summed E-state index contributed by atoms with van der Waals surface area (Å²) in [6.45, 7) is 4.17. The van der Waals surface area contributed by atoms with Crippen molar-refractivity contribution in [1.29, 1.82) is 0 Å². The van der Waals surface area contributed by atoms with Crippen LogP contribution in [0.3, 0.4) is 0 Å². The molecule has 1 aliphatic rings. The third-order valence-corrected chi connectivity index (χ3v) is 5.03. The fourth-order valence-corrected chi connectivity index (χ4v) is 3.66. The molecule has 2 aromatic rings. The van der Waals surface area contributed by atoms with Crippen LogP contribution in [0, 0.1) is 5.92 Å². The summed E-state index contributed by atoms with van der Waals surface area (Å²) in [5.74, 6) is -1.00. The number of rotatable bonds is 6. The zero-order chi connectivity index (χ0) is 17.6. The van der Waals surface area contributed by atoms with Crippen molar-refractivity contribution >= 4 is 23.3 Å². The molecule has 0 bridgehead atoms. The van der Waals surface area contributed by atoms with Crippen molar-refractivity contribution < 1.29 is 14.3 Å². The number of aryl methyl sites for hydroxylation is 1. The highest BCUT2D eigenvalue weighted by atomic mass is 32.1. The van der Waals surface area contributed by atoms with Crippen LogP contribution in [0.5, 0.6) is 0 Å². The molecule has 0 unspecified atom stereocenters. The van der Waals surface area contributed by atoms with Gasteiger partial charge in [0.05, 0.1) is 12.6 Å². The molecule has 1 aromatic heterocycles. The fourth-order valence-electron chi connectivity index (χ4n) is 2.85. The summed E-state index contributed by atoms with van der Waals surface area (Å²) >= 11 is 1.49. The van der Waals surface area contributed by atoms with Gasteiger partial charge in [0, 0.05) is 10.6 Å². The van der Waals surface area contributed by atoms with Gasteiger partial charge in [0.1, 0.15) is 5.92 Å². The van der Waals surface area contributed by atoms with Gasteiger partial charge in [-0.1, -0.05) is 43.0 Å². The van der Waals surface area contributed by atoms with Crippen molar-refractivity contribution in [3.8, 4) is 0 Å². The number of esters is 1. The highest BCUT2D eigenvalue weighted by molar-refractivity contribution is 7.10. The van der Waals surface area contributed by atoms with E-state index in [0.717, 1.165) is 17.7 Å². The molecule has 2 N–H and O–H groups in total. The van der Waals surface area contributed by atoms with Gasteiger partial charge in [-0.2, -0.15) is 0 Å². The third-order valence-electron chi connectivity index (χ3n) is 4.07. The Labute approximate surface area is 150 Å². The van der Waals surface area contributed by atoms with E-state index >= 15 is 0 Å². The lowest BCUT2D eigenvalue weighted by Crippen LogP contribution is -2.50. The van der Waals surface area contributed by atoms with Crippen LogP contribution >= 0.6 is 11.3 Å². The molecule has 5 nitrogen and oxygen atoms in total. The fraction of sp³-hybridized carbons (Fsp3) is 0.263. The van der Waals surface area contributed by atoms with Gasteiger partial charge in [0.25, 0.3) is 0 Å². The van der Waals surface area contributed by atoms with Crippen LogP contribution in [0.2, 0.25) is 0 Å². The zero-order valence-electron chi connectivity index (χ0n) is 13.7. The number of hydrogen-bond donors (Lipinski definition) is 2. The molecular weight excluding hydrogens is 336 g/mol. The molecule has 2 amide bonds. The Balaban J connectivity index is 1.58. The molecule has 1 saturated heterocycles. The Bertz CT molecular complexity index is 743.